The van der Waals surface area contributed by atoms with Crippen LogP contribution in [0.2, 0.25) is 0 Å². The van der Waals surface area contributed by atoms with Crippen LogP contribution in [-0.4, -0.2) is 20.1 Å². The predicted molar refractivity (Wildman–Crippen MR) is 114 cm³/mol. The highest BCUT2D eigenvalue weighted by Crippen LogP contribution is 2.25. The third-order valence-corrected chi connectivity index (χ3v) is 4.70. The minimum Gasteiger partial charge on any atom is -0.497 e. The molecule has 5 nitrogen and oxygen atoms in total. The summed E-state index contributed by atoms with van der Waals surface area (Å²) in [4.78, 5) is 12.8. The topological polar surface area (TPSA) is 56.8 Å². The second-order valence-corrected chi connectivity index (χ2v) is 6.72. The summed E-state index contributed by atoms with van der Waals surface area (Å²) in [5, 5.41) is 3.01. The fourth-order valence-electron chi connectivity index (χ4n) is 3.08. The Kier molecular flexibility index (Phi) is 6.39. The van der Waals surface area contributed by atoms with Gasteiger partial charge in [-0.1, -0.05) is 24.3 Å². The molecule has 1 N–H and O–H groups in total. The summed E-state index contributed by atoms with van der Waals surface area (Å²) in [5.74, 6) is 1.89. The quantitative estimate of drug-likeness (QED) is 0.605. The highest BCUT2D eigenvalue weighted by Gasteiger charge is 2.13. The van der Waals surface area contributed by atoms with Crippen LogP contribution in [0.4, 0.5) is 5.69 Å². The van der Waals surface area contributed by atoms with Gasteiger partial charge in [-0.3, -0.25) is 4.79 Å². The first kappa shape index (κ1) is 20.3. The van der Waals surface area contributed by atoms with Crippen LogP contribution in [0, 0.1) is 13.8 Å². The molecule has 0 saturated carbocycles. The number of nitrogens with one attached hydrogen (secondary N) is 1. The first-order valence-electron chi connectivity index (χ1n) is 9.33. The number of benzene rings is 3. The van der Waals surface area contributed by atoms with Crippen molar-refractivity contribution in [3.05, 3.63) is 82.9 Å². The van der Waals surface area contributed by atoms with Crippen molar-refractivity contribution in [2.24, 2.45) is 0 Å². The summed E-state index contributed by atoms with van der Waals surface area (Å²) in [6.45, 7) is 4.22. The van der Waals surface area contributed by atoms with Crippen LogP contribution in [0.5, 0.6) is 17.2 Å². The Morgan fingerprint density at radius 1 is 0.862 bits per heavy atom. The van der Waals surface area contributed by atoms with Crippen LogP contribution in [0.3, 0.4) is 0 Å². The Morgan fingerprint density at radius 3 is 2.24 bits per heavy atom. The van der Waals surface area contributed by atoms with Crippen LogP contribution in [0.1, 0.15) is 27.0 Å². The van der Waals surface area contributed by atoms with Crippen LogP contribution >= 0.6 is 0 Å². The van der Waals surface area contributed by atoms with E-state index in [2.05, 4.69) is 5.32 Å². The van der Waals surface area contributed by atoms with Crippen LogP contribution < -0.4 is 19.5 Å². The van der Waals surface area contributed by atoms with E-state index < -0.39 is 0 Å². The van der Waals surface area contributed by atoms with Crippen molar-refractivity contribution in [1.82, 2.24) is 0 Å². The molecule has 0 aliphatic carbocycles. The van der Waals surface area contributed by atoms with Crippen LogP contribution in [-0.2, 0) is 6.61 Å². The molecule has 150 valence electrons. The van der Waals surface area contributed by atoms with Crippen molar-refractivity contribution in [2.75, 3.05) is 19.5 Å². The number of hydrogen-bond acceptors (Lipinski definition) is 4. The van der Waals surface area contributed by atoms with Gasteiger partial charge in [0.25, 0.3) is 5.91 Å². The summed E-state index contributed by atoms with van der Waals surface area (Å²) in [6.07, 6.45) is 0. The number of ether oxygens (including phenoxy) is 3. The largest absolute Gasteiger partial charge is 0.497 e. The molecule has 0 radical (unpaired) electrons. The van der Waals surface area contributed by atoms with Crippen LogP contribution in [0.25, 0.3) is 0 Å². The maximum atomic E-state index is 12.8. The van der Waals surface area contributed by atoms with Gasteiger partial charge in [-0.25, -0.2) is 0 Å². The number of carbonyl (C=O) groups is 1. The summed E-state index contributed by atoms with van der Waals surface area (Å²) < 4.78 is 16.5. The van der Waals surface area contributed by atoms with Gasteiger partial charge in [-0.15, -0.1) is 0 Å². The van der Waals surface area contributed by atoms with E-state index in [9.17, 15) is 4.79 Å². The van der Waals surface area contributed by atoms with Gasteiger partial charge in [0, 0.05) is 22.9 Å². The molecule has 0 saturated heterocycles. The lowest BCUT2D eigenvalue weighted by Crippen LogP contribution is -2.14. The minimum atomic E-state index is -0.173. The molecule has 0 aliphatic rings. The van der Waals surface area contributed by atoms with E-state index >= 15 is 0 Å². The number of para-hydroxylation sites is 1. The molecule has 0 aliphatic heterocycles. The van der Waals surface area contributed by atoms with Crippen molar-refractivity contribution in [3.63, 3.8) is 0 Å². The van der Waals surface area contributed by atoms with E-state index in [1.807, 2.05) is 56.3 Å². The molecule has 0 heterocycles. The number of methoxy groups -OCH3 is 2. The molecule has 0 fully saturated rings. The lowest BCUT2D eigenvalue weighted by Gasteiger charge is -2.14. The van der Waals surface area contributed by atoms with E-state index in [0.29, 0.717) is 17.1 Å². The number of rotatable bonds is 7. The van der Waals surface area contributed by atoms with Crippen molar-refractivity contribution in [3.8, 4) is 17.2 Å². The average molecular weight is 391 g/mol. The third-order valence-electron chi connectivity index (χ3n) is 4.70. The molecule has 0 bridgehead atoms. The highest BCUT2D eigenvalue weighted by molar-refractivity contribution is 6.05. The summed E-state index contributed by atoms with van der Waals surface area (Å²) in [5.41, 5.74) is 4.20. The standard InChI is InChI=1S/C24H25NO4/c1-16-7-5-8-17(2)23(16)25-24(26)18-11-12-22(28-4)19(13-18)15-29-21-10-6-9-20(14-21)27-3/h5-14H,15H2,1-4H3,(H,25,26). The molecular weight excluding hydrogens is 366 g/mol. The van der Waals surface area contributed by atoms with E-state index in [4.69, 9.17) is 14.2 Å². The first-order chi connectivity index (χ1) is 14.0. The smallest absolute Gasteiger partial charge is 0.255 e. The van der Waals surface area contributed by atoms with Gasteiger partial charge in [0.05, 0.1) is 14.2 Å². The Morgan fingerprint density at radius 2 is 1.55 bits per heavy atom. The van der Waals surface area contributed by atoms with Gasteiger partial charge in [0.1, 0.15) is 23.9 Å². The number of carbonyl (C=O) groups excluding carboxylic acids is 1. The Balaban J connectivity index is 1.79. The zero-order valence-corrected chi connectivity index (χ0v) is 17.1. The number of hydrogen-bond donors (Lipinski definition) is 1. The normalized spacial score (nSPS) is 10.3. The molecule has 3 aromatic rings. The highest BCUT2D eigenvalue weighted by atomic mass is 16.5. The second-order valence-electron chi connectivity index (χ2n) is 6.72. The van der Waals surface area contributed by atoms with Crippen LogP contribution in [0.15, 0.2) is 60.7 Å². The lowest BCUT2D eigenvalue weighted by atomic mass is 10.1. The van der Waals surface area contributed by atoms with Gasteiger partial charge in [-0.2, -0.15) is 0 Å². The van der Waals surface area contributed by atoms with E-state index in [-0.39, 0.29) is 12.5 Å². The zero-order chi connectivity index (χ0) is 20.8. The molecular formula is C24H25NO4. The zero-order valence-electron chi connectivity index (χ0n) is 17.1. The number of aryl methyl sites for hydroxylation is 2. The molecule has 3 aromatic carbocycles. The molecule has 3 rings (SSSR count). The third kappa shape index (κ3) is 4.88. The van der Waals surface area contributed by atoms with Gasteiger partial charge < -0.3 is 19.5 Å². The SMILES string of the molecule is COc1cccc(OCc2cc(C(=O)Nc3c(C)cccc3C)ccc2OC)c1. The number of amides is 1. The van der Waals surface area contributed by atoms with Crippen molar-refractivity contribution in [1.29, 1.82) is 0 Å². The predicted octanol–water partition coefficient (Wildman–Crippen LogP) is 5.15. The molecule has 0 unspecified atom stereocenters. The fraction of sp³-hybridized carbons (Fsp3) is 0.208. The summed E-state index contributed by atoms with van der Waals surface area (Å²) in [6, 6.07) is 18.6. The van der Waals surface area contributed by atoms with Gasteiger partial charge >= 0.3 is 0 Å². The molecule has 0 atom stereocenters. The maximum Gasteiger partial charge on any atom is 0.255 e. The first-order valence-corrected chi connectivity index (χ1v) is 9.33. The Hall–Kier alpha value is -3.47. The molecule has 0 aromatic heterocycles. The van der Waals surface area contributed by atoms with Crippen molar-refractivity contribution >= 4 is 11.6 Å². The Bertz CT molecular complexity index is 993. The van der Waals surface area contributed by atoms with E-state index in [1.165, 1.54) is 0 Å². The van der Waals surface area contributed by atoms with Crippen molar-refractivity contribution < 1.29 is 19.0 Å². The van der Waals surface area contributed by atoms with Gasteiger partial charge in [0.2, 0.25) is 0 Å². The van der Waals surface area contributed by atoms with E-state index in [0.717, 1.165) is 28.1 Å². The lowest BCUT2D eigenvalue weighted by molar-refractivity contribution is 0.102. The monoisotopic (exact) mass is 391 g/mol. The Labute approximate surface area is 171 Å². The molecule has 29 heavy (non-hydrogen) atoms. The van der Waals surface area contributed by atoms with Gasteiger partial charge in [-0.05, 0) is 55.3 Å². The van der Waals surface area contributed by atoms with Crippen molar-refractivity contribution in [2.45, 2.75) is 20.5 Å². The minimum absolute atomic E-state index is 0.173. The molecule has 5 heteroatoms. The van der Waals surface area contributed by atoms with Gasteiger partial charge in [0.15, 0.2) is 0 Å². The fourth-order valence-corrected chi connectivity index (χ4v) is 3.08. The number of anilines is 1. The second kappa shape index (κ2) is 9.15. The van der Waals surface area contributed by atoms with E-state index in [1.54, 1.807) is 32.4 Å². The maximum absolute atomic E-state index is 12.8. The molecule has 0 spiro atoms. The summed E-state index contributed by atoms with van der Waals surface area (Å²) >= 11 is 0. The average Bonchev–Trinajstić information content (AvgIpc) is 2.74. The molecule has 1 amide bonds. The summed E-state index contributed by atoms with van der Waals surface area (Å²) in [7, 11) is 3.21.